The molecule has 0 unspecified atom stereocenters. The zero-order chi connectivity index (χ0) is 38.4. The Morgan fingerprint density at radius 2 is 0.814 bits per heavy atom. The van der Waals surface area contributed by atoms with Crippen LogP contribution in [0.3, 0.4) is 0 Å². The van der Waals surface area contributed by atoms with Crippen molar-refractivity contribution in [1.29, 1.82) is 0 Å². The van der Waals surface area contributed by atoms with Gasteiger partial charge in [-0.2, -0.15) is 4.98 Å². The van der Waals surface area contributed by atoms with Gasteiger partial charge in [0.1, 0.15) is 0 Å². The van der Waals surface area contributed by atoms with Crippen LogP contribution in [0.15, 0.2) is 194 Å². The third kappa shape index (κ3) is 3.75. The van der Waals surface area contributed by atoms with Crippen LogP contribution in [0.4, 0.5) is 0 Å². The van der Waals surface area contributed by atoms with Crippen molar-refractivity contribution in [2.45, 2.75) is 5.41 Å². The number of rotatable bonds is 2. The van der Waals surface area contributed by atoms with Crippen LogP contribution in [0, 0.1) is 0 Å². The number of fused-ring (bicyclic) bond motifs is 21. The Kier molecular flexibility index (Phi) is 5.93. The van der Waals surface area contributed by atoms with Crippen LogP contribution in [0.25, 0.3) is 99.3 Å². The molecule has 272 valence electrons. The molecule has 3 aromatic heterocycles. The summed E-state index contributed by atoms with van der Waals surface area (Å²) in [5.41, 5.74) is 15.1. The maximum absolute atomic E-state index is 5.76. The zero-order valence-corrected chi connectivity index (χ0v) is 31.8. The summed E-state index contributed by atoms with van der Waals surface area (Å²) in [4.78, 5) is 11.3. The second-order valence-corrected chi connectivity index (χ2v) is 16.0. The molecule has 0 atom stereocenters. The SMILES string of the molecule is c1ccc2c(c1)-c1ccccc1C21c2ccccc2-c2c1c1c(c3ccccc23)c2ccccc2n1-c1nc(-n2c3ccccc3c3ccccc32)c2ccccc2n1. The highest BCUT2D eigenvalue weighted by Gasteiger charge is 2.53. The molecule has 0 bridgehead atoms. The monoisotopic (exact) mass is 748 g/mol. The first kappa shape index (κ1) is 31.3. The van der Waals surface area contributed by atoms with Gasteiger partial charge in [-0.3, -0.25) is 9.13 Å². The molecule has 0 aliphatic heterocycles. The molecule has 59 heavy (non-hydrogen) atoms. The number of hydrogen-bond acceptors (Lipinski definition) is 2. The minimum absolute atomic E-state index is 0.583. The predicted octanol–water partition coefficient (Wildman–Crippen LogP) is 13.3. The molecule has 0 saturated heterocycles. The number of hydrogen-bond donors (Lipinski definition) is 0. The number of benzene rings is 9. The topological polar surface area (TPSA) is 35.6 Å². The van der Waals surface area contributed by atoms with E-state index in [1.165, 1.54) is 76.8 Å². The summed E-state index contributed by atoms with van der Waals surface area (Å²) in [7, 11) is 0. The largest absolute Gasteiger partial charge is 0.293 e. The first-order chi connectivity index (χ1) is 29.3. The van der Waals surface area contributed by atoms with Crippen molar-refractivity contribution in [3.63, 3.8) is 0 Å². The second kappa shape index (κ2) is 11.2. The van der Waals surface area contributed by atoms with Gasteiger partial charge in [-0.15, -0.1) is 0 Å². The van der Waals surface area contributed by atoms with E-state index < -0.39 is 5.41 Å². The van der Waals surface area contributed by atoms with E-state index in [4.69, 9.17) is 9.97 Å². The molecule has 4 nitrogen and oxygen atoms in total. The van der Waals surface area contributed by atoms with Gasteiger partial charge < -0.3 is 0 Å². The highest BCUT2D eigenvalue weighted by molar-refractivity contribution is 6.27. The standard InChI is InChI=1S/C55H32N4/c1-2-22-38-37(21-1)49-39-23-5-12-28-44(39)55(42-26-10-3-17-33(42)34-18-4-11-27-43(34)55)51(49)52-50(38)41-25-9-16-32-48(41)59(52)54-56-45-29-13-6-24-40(45)53(57-54)58-46-30-14-7-19-35(46)36-20-8-15-31-47(36)58/h1-32H. The van der Waals surface area contributed by atoms with Gasteiger partial charge in [-0.25, -0.2) is 4.98 Å². The van der Waals surface area contributed by atoms with Gasteiger partial charge in [0.15, 0.2) is 5.82 Å². The van der Waals surface area contributed by atoms with Gasteiger partial charge in [-0.05, 0) is 80.0 Å². The zero-order valence-electron chi connectivity index (χ0n) is 31.8. The molecule has 0 N–H and O–H groups in total. The highest BCUT2D eigenvalue weighted by atomic mass is 15.2. The fourth-order valence-corrected chi connectivity index (χ4v) is 11.2. The molecule has 4 heteroatoms. The molecule has 9 aromatic carbocycles. The van der Waals surface area contributed by atoms with Gasteiger partial charge in [0.2, 0.25) is 5.95 Å². The Bertz CT molecular complexity index is 3710. The Labute approximate surface area is 338 Å². The van der Waals surface area contributed by atoms with E-state index >= 15 is 0 Å². The second-order valence-electron chi connectivity index (χ2n) is 16.0. The van der Waals surface area contributed by atoms with Crippen LogP contribution in [0.2, 0.25) is 0 Å². The van der Waals surface area contributed by atoms with E-state index in [1.807, 2.05) is 0 Å². The lowest BCUT2D eigenvalue weighted by Gasteiger charge is -2.31. The molecule has 0 saturated carbocycles. The van der Waals surface area contributed by atoms with Crippen molar-refractivity contribution < 1.29 is 0 Å². The molecule has 0 radical (unpaired) electrons. The van der Waals surface area contributed by atoms with Crippen molar-refractivity contribution in [1.82, 2.24) is 19.1 Å². The van der Waals surface area contributed by atoms with E-state index in [0.29, 0.717) is 5.95 Å². The third-order valence-corrected chi connectivity index (χ3v) is 13.3. The van der Waals surface area contributed by atoms with Gasteiger partial charge in [0.05, 0.1) is 33.0 Å². The minimum Gasteiger partial charge on any atom is -0.293 e. The molecule has 1 spiro atoms. The fourth-order valence-electron chi connectivity index (χ4n) is 11.2. The fraction of sp³-hybridized carbons (Fsp3) is 0.0182. The Morgan fingerprint density at radius 1 is 0.356 bits per heavy atom. The lowest BCUT2D eigenvalue weighted by molar-refractivity contribution is 0.795. The van der Waals surface area contributed by atoms with E-state index in [1.54, 1.807) is 0 Å². The van der Waals surface area contributed by atoms with Gasteiger partial charge in [-0.1, -0.05) is 164 Å². The maximum atomic E-state index is 5.76. The summed E-state index contributed by atoms with van der Waals surface area (Å²) < 4.78 is 4.74. The Balaban J connectivity index is 1.23. The van der Waals surface area contributed by atoms with Crippen molar-refractivity contribution in [2.75, 3.05) is 0 Å². The average Bonchev–Trinajstić information content (AvgIpc) is 4.01. The number of para-hydroxylation sites is 4. The summed E-state index contributed by atoms with van der Waals surface area (Å²) in [6.07, 6.45) is 0. The predicted molar refractivity (Wildman–Crippen MR) is 242 cm³/mol. The molecule has 12 aromatic rings. The first-order valence-electron chi connectivity index (χ1n) is 20.4. The average molecular weight is 749 g/mol. The van der Waals surface area contributed by atoms with E-state index in [-0.39, 0.29) is 0 Å². The van der Waals surface area contributed by atoms with Crippen LogP contribution in [-0.4, -0.2) is 19.1 Å². The Hall–Kier alpha value is -7.82. The maximum Gasteiger partial charge on any atom is 0.237 e. The normalized spacial score (nSPS) is 13.6. The highest BCUT2D eigenvalue weighted by Crippen LogP contribution is 2.66. The van der Waals surface area contributed by atoms with Crippen molar-refractivity contribution in [3.05, 3.63) is 216 Å². The van der Waals surface area contributed by atoms with Crippen molar-refractivity contribution in [2.24, 2.45) is 0 Å². The lowest BCUT2D eigenvalue weighted by Crippen LogP contribution is -2.26. The van der Waals surface area contributed by atoms with Crippen LogP contribution in [0.1, 0.15) is 22.3 Å². The summed E-state index contributed by atoms with van der Waals surface area (Å²) in [6, 6.07) is 71.0. The quantitative estimate of drug-likeness (QED) is 0.176. The number of aromatic nitrogens is 4. The van der Waals surface area contributed by atoms with Crippen LogP contribution in [0.5, 0.6) is 0 Å². The molecular formula is C55H32N4. The van der Waals surface area contributed by atoms with E-state index in [2.05, 4.69) is 203 Å². The summed E-state index contributed by atoms with van der Waals surface area (Å²) >= 11 is 0. The molecule has 0 amide bonds. The number of nitrogens with zero attached hydrogens (tertiary/aromatic N) is 4. The molecule has 3 heterocycles. The van der Waals surface area contributed by atoms with Gasteiger partial charge in [0, 0.05) is 32.5 Å². The van der Waals surface area contributed by atoms with E-state index in [0.717, 1.165) is 38.8 Å². The summed E-state index contributed by atoms with van der Waals surface area (Å²) in [6.45, 7) is 0. The molecule has 2 aliphatic carbocycles. The van der Waals surface area contributed by atoms with Gasteiger partial charge >= 0.3 is 0 Å². The smallest absolute Gasteiger partial charge is 0.237 e. The lowest BCUT2D eigenvalue weighted by atomic mass is 9.70. The molecule has 0 fully saturated rings. The molecule has 14 rings (SSSR count). The summed E-state index contributed by atoms with van der Waals surface area (Å²) in [5, 5.41) is 8.29. The van der Waals surface area contributed by atoms with Gasteiger partial charge in [0.25, 0.3) is 0 Å². The van der Waals surface area contributed by atoms with Crippen LogP contribution in [-0.2, 0) is 5.41 Å². The van der Waals surface area contributed by atoms with Crippen molar-refractivity contribution in [3.8, 4) is 34.0 Å². The van der Waals surface area contributed by atoms with Crippen LogP contribution >= 0.6 is 0 Å². The van der Waals surface area contributed by atoms with E-state index in [9.17, 15) is 0 Å². The molecular weight excluding hydrogens is 717 g/mol. The third-order valence-electron chi connectivity index (χ3n) is 13.3. The minimum atomic E-state index is -0.583. The first-order valence-corrected chi connectivity index (χ1v) is 20.4. The van der Waals surface area contributed by atoms with Crippen molar-refractivity contribution >= 4 is 65.3 Å². The Morgan fingerprint density at radius 3 is 1.46 bits per heavy atom. The molecule has 2 aliphatic rings. The summed E-state index contributed by atoms with van der Waals surface area (Å²) in [5.74, 6) is 1.51. The van der Waals surface area contributed by atoms with Crippen LogP contribution < -0.4 is 0 Å².